The van der Waals surface area contributed by atoms with Crippen LogP contribution in [0.5, 0.6) is 0 Å². The molecule has 1 unspecified atom stereocenters. The van der Waals surface area contributed by atoms with Gasteiger partial charge in [0, 0.05) is 38.0 Å². The summed E-state index contributed by atoms with van der Waals surface area (Å²) in [6.45, 7) is 10.6. The van der Waals surface area contributed by atoms with E-state index in [4.69, 9.17) is 0 Å². The number of piperidine rings is 2. The summed E-state index contributed by atoms with van der Waals surface area (Å²) in [5.41, 5.74) is 0.143. The van der Waals surface area contributed by atoms with Crippen LogP contribution < -0.4 is 0 Å². The Labute approximate surface area is 152 Å². The smallest absolute Gasteiger partial charge is 0.236 e. The molecule has 0 aromatic carbocycles. The van der Waals surface area contributed by atoms with Crippen molar-refractivity contribution in [3.63, 3.8) is 0 Å². The molecule has 0 aliphatic carbocycles. The van der Waals surface area contributed by atoms with E-state index < -0.39 is 0 Å². The van der Waals surface area contributed by atoms with E-state index in [0.717, 1.165) is 65.0 Å². The maximum atomic E-state index is 12.7. The van der Waals surface area contributed by atoms with Crippen molar-refractivity contribution in [3.05, 3.63) is 0 Å². The fraction of sp³-hybridized carbons (Fsp3) is 0.900. The van der Waals surface area contributed by atoms with E-state index in [2.05, 4.69) is 28.5 Å². The normalized spacial score (nSPS) is 28.4. The standard InChI is InChI=1S/C20H35N3O2/c1-17(2)7-13-23-16-20(9-6-18(23)24)8-5-12-22(15-20)19(25)14-21-10-3-4-11-21/h17H,3-16H2,1-2H3. The van der Waals surface area contributed by atoms with Crippen LogP contribution in [0, 0.1) is 11.3 Å². The van der Waals surface area contributed by atoms with Gasteiger partial charge in [-0.1, -0.05) is 13.8 Å². The third-order valence-electron chi connectivity index (χ3n) is 6.30. The van der Waals surface area contributed by atoms with Gasteiger partial charge in [0.25, 0.3) is 0 Å². The highest BCUT2D eigenvalue weighted by atomic mass is 16.2. The molecule has 3 heterocycles. The fourth-order valence-electron chi connectivity index (χ4n) is 4.71. The van der Waals surface area contributed by atoms with Gasteiger partial charge in [-0.05, 0) is 57.5 Å². The molecular formula is C20H35N3O2. The Morgan fingerprint density at radius 2 is 1.84 bits per heavy atom. The zero-order chi connectivity index (χ0) is 17.9. The van der Waals surface area contributed by atoms with E-state index in [1.54, 1.807) is 0 Å². The summed E-state index contributed by atoms with van der Waals surface area (Å²) in [5, 5.41) is 0. The summed E-state index contributed by atoms with van der Waals surface area (Å²) in [7, 11) is 0. The molecule has 0 N–H and O–H groups in total. The Kier molecular flexibility index (Phi) is 6.03. The molecule has 3 rings (SSSR count). The first-order valence-corrected chi connectivity index (χ1v) is 10.3. The molecule has 0 aromatic rings. The molecule has 0 bridgehead atoms. The van der Waals surface area contributed by atoms with Crippen LogP contribution in [-0.2, 0) is 9.59 Å². The second kappa shape index (κ2) is 8.07. The Balaban J connectivity index is 1.58. The van der Waals surface area contributed by atoms with Crippen molar-refractivity contribution in [3.8, 4) is 0 Å². The average molecular weight is 350 g/mol. The van der Waals surface area contributed by atoms with Crippen molar-refractivity contribution in [2.24, 2.45) is 11.3 Å². The van der Waals surface area contributed by atoms with Crippen LogP contribution in [-0.4, -0.2) is 72.3 Å². The van der Waals surface area contributed by atoms with Gasteiger partial charge in [0.05, 0.1) is 6.54 Å². The van der Waals surface area contributed by atoms with Crippen molar-refractivity contribution < 1.29 is 9.59 Å². The van der Waals surface area contributed by atoms with Gasteiger partial charge in [-0.2, -0.15) is 0 Å². The molecule has 1 atom stereocenters. The average Bonchev–Trinajstić information content (AvgIpc) is 3.09. The van der Waals surface area contributed by atoms with Crippen LogP contribution in [0.25, 0.3) is 0 Å². The lowest BCUT2D eigenvalue weighted by atomic mass is 9.73. The molecule has 0 aromatic heterocycles. The molecule has 1 spiro atoms. The number of nitrogens with zero attached hydrogens (tertiary/aromatic N) is 3. The Morgan fingerprint density at radius 3 is 2.56 bits per heavy atom. The van der Waals surface area contributed by atoms with Crippen molar-refractivity contribution >= 4 is 11.8 Å². The van der Waals surface area contributed by atoms with Gasteiger partial charge in [-0.15, -0.1) is 0 Å². The van der Waals surface area contributed by atoms with E-state index >= 15 is 0 Å². The monoisotopic (exact) mass is 349 g/mol. The quantitative estimate of drug-likeness (QED) is 0.765. The van der Waals surface area contributed by atoms with Crippen molar-refractivity contribution in [1.29, 1.82) is 0 Å². The number of rotatable bonds is 5. The summed E-state index contributed by atoms with van der Waals surface area (Å²) in [4.78, 5) is 31.5. The first-order chi connectivity index (χ1) is 12.0. The van der Waals surface area contributed by atoms with E-state index in [-0.39, 0.29) is 5.41 Å². The van der Waals surface area contributed by atoms with E-state index in [9.17, 15) is 9.59 Å². The summed E-state index contributed by atoms with van der Waals surface area (Å²) in [6.07, 6.45) is 7.38. The van der Waals surface area contributed by atoms with Crippen molar-refractivity contribution in [1.82, 2.24) is 14.7 Å². The highest BCUT2D eigenvalue weighted by molar-refractivity contribution is 5.79. The minimum Gasteiger partial charge on any atom is -0.342 e. The van der Waals surface area contributed by atoms with Crippen LogP contribution in [0.1, 0.15) is 58.8 Å². The Bertz CT molecular complexity index is 487. The summed E-state index contributed by atoms with van der Waals surface area (Å²) in [5.74, 6) is 1.23. The SMILES string of the molecule is CC(C)CCN1CC2(CCCN(C(=O)CN3CCCC3)C2)CCC1=O. The molecule has 0 radical (unpaired) electrons. The number of carbonyl (C=O) groups is 2. The van der Waals surface area contributed by atoms with Gasteiger partial charge in [0.15, 0.2) is 0 Å². The van der Waals surface area contributed by atoms with Crippen LogP contribution in [0.15, 0.2) is 0 Å². The highest BCUT2D eigenvalue weighted by Crippen LogP contribution is 2.39. The van der Waals surface area contributed by atoms with Gasteiger partial charge in [0.1, 0.15) is 0 Å². The number of hydrogen-bond acceptors (Lipinski definition) is 3. The molecule has 3 fully saturated rings. The van der Waals surface area contributed by atoms with E-state index in [1.807, 2.05) is 0 Å². The third kappa shape index (κ3) is 4.75. The largest absolute Gasteiger partial charge is 0.342 e. The van der Waals surface area contributed by atoms with Crippen LogP contribution in [0.2, 0.25) is 0 Å². The molecule has 5 nitrogen and oxygen atoms in total. The predicted octanol–water partition coefficient (Wildman–Crippen LogP) is 2.36. The van der Waals surface area contributed by atoms with Crippen molar-refractivity contribution in [2.75, 3.05) is 45.8 Å². The topological polar surface area (TPSA) is 43.9 Å². The van der Waals surface area contributed by atoms with Crippen LogP contribution >= 0.6 is 0 Å². The van der Waals surface area contributed by atoms with Crippen LogP contribution in [0.3, 0.4) is 0 Å². The molecule has 0 saturated carbocycles. The fourth-order valence-corrected chi connectivity index (χ4v) is 4.71. The zero-order valence-electron chi connectivity index (χ0n) is 16.1. The molecular weight excluding hydrogens is 314 g/mol. The summed E-state index contributed by atoms with van der Waals surface area (Å²) < 4.78 is 0. The lowest BCUT2D eigenvalue weighted by Gasteiger charge is -2.48. The van der Waals surface area contributed by atoms with E-state index in [0.29, 0.717) is 30.7 Å². The first-order valence-electron chi connectivity index (χ1n) is 10.3. The minimum absolute atomic E-state index is 0.143. The van der Waals surface area contributed by atoms with Gasteiger partial charge in [-0.25, -0.2) is 0 Å². The van der Waals surface area contributed by atoms with E-state index in [1.165, 1.54) is 12.8 Å². The van der Waals surface area contributed by atoms with Gasteiger partial charge in [-0.3, -0.25) is 14.5 Å². The van der Waals surface area contributed by atoms with Crippen molar-refractivity contribution in [2.45, 2.75) is 58.8 Å². The Morgan fingerprint density at radius 1 is 1.08 bits per heavy atom. The molecule has 2 amide bonds. The zero-order valence-corrected chi connectivity index (χ0v) is 16.1. The molecule has 142 valence electrons. The van der Waals surface area contributed by atoms with Gasteiger partial charge >= 0.3 is 0 Å². The van der Waals surface area contributed by atoms with Crippen LogP contribution in [0.4, 0.5) is 0 Å². The minimum atomic E-state index is 0.143. The molecule has 3 saturated heterocycles. The second-order valence-electron chi connectivity index (χ2n) is 8.90. The second-order valence-corrected chi connectivity index (χ2v) is 8.90. The molecule has 5 heteroatoms. The lowest BCUT2D eigenvalue weighted by Crippen LogP contribution is -2.56. The third-order valence-corrected chi connectivity index (χ3v) is 6.30. The maximum Gasteiger partial charge on any atom is 0.236 e. The van der Waals surface area contributed by atoms with Gasteiger partial charge in [0.2, 0.25) is 11.8 Å². The predicted molar refractivity (Wildman–Crippen MR) is 99.2 cm³/mol. The molecule has 3 aliphatic rings. The van der Waals surface area contributed by atoms with Gasteiger partial charge < -0.3 is 9.80 Å². The number of carbonyl (C=O) groups excluding carboxylic acids is 2. The first kappa shape index (κ1) is 18.7. The summed E-state index contributed by atoms with van der Waals surface area (Å²) in [6, 6.07) is 0. The highest BCUT2D eigenvalue weighted by Gasteiger charge is 2.42. The maximum absolute atomic E-state index is 12.7. The lowest BCUT2D eigenvalue weighted by molar-refractivity contribution is -0.143. The summed E-state index contributed by atoms with van der Waals surface area (Å²) >= 11 is 0. The Hall–Kier alpha value is -1.10. The molecule has 25 heavy (non-hydrogen) atoms. The number of amides is 2. The number of hydrogen-bond donors (Lipinski definition) is 0. The molecule has 3 aliphatic heterocycles. The number of likely N-dealkylation sites (tertiary alicyclic amines) is 3.